The first kappa shape index (κ1) is 26.8. The summed E-state index contributed by atoms with van der Waals surface area (Å²) in [6.45, 7) is 6.46. The fourth-order valence-electron chi connectivity index (χ4n) is 4.01. The van der Waals surface area contributed by atoms with Crippen LogP contribution in [0.4, 0.5) is 0 Å². The predicted octanol–water partition coefficient (Wildman–Crippen LogP) is 3.92. The minimum atomic E-state index is 0. The first-order valence-electron chi connectivity index (χ1n) is 11.0. The first-order valence-corrected chi connectivity index (χ1v) is 11.9. The van der Waals surface area contributed by atoms with Gasteiger partial charge in [-0.25, -0.2) is 9.98 Å². The minimum Gasteiger partial charge on any atom is -0.475 e. The summed E-state index contributed by atoms with van der Waals surface area (Å²) in [5.74, 6) is 1.99. The molecule has 32 heavy (non-hydrogen) atoms. The van der Waals surface area contributed by atoms with Gasteiger partial charge in [-0.1, -0.05) is 12.1 Å². The van der Waals surface area contributed by atoms with Crippen LogP contribution in [0.15, 0.2) is 40.8 Å². The lowest BCUT2D eigenvalue weighted by Gasteiger charge is -2.39. The molecule has 3 heterocycles. The van der Waals surface area contributed by atoms with Crippen molar-refractivity contribution >= 4 is 41.3 Å². The molecule has 0 aromatic carbocycles. The Bertz CT molecular complexity index is 805. The summed E-state index contributed by atoms with van der Waals surface area (Å²) < 4.78 is 10.8. The SMILES string of the molecule is CCNC(=NCc1cccnc1OCCOC)NCC1CCCN(C)C1c1cccs1.I. The van der Waals surface area contributed by atoms with Crippen molar-refractivity contribution in [2.75, 3.05) is 47.0 Å². The summed E-state index contributed by atoms with van der Waals surface area (Å²) >= 11 is 1.85. The number of aliphatic imine (C=N–C) groups is 1. The highest BCUT2D eigenvalue weighted by atomic mass is 127. The Morgan fingerprint density at radius 2 is 2.16 bits per heavy atom. The van der Waals surface area contributed by atoms with Crippen molar-refractivity contribution < 1.29 is 9.47 Å². The average Bonchev–Trinajstić information content (AvgIpc) is 3.31. The smallest absolute Gasteiger partial charge is 0.218 e. The van der Waals surface area contributed by atoms with E-state index >= 15 is 0 Å². The number of guanidine groups is 1. The molecule has 0 radical (unpaired) electrons. The number of pyridine rings is 1. The Balaban J connectivity index is 0.00000363. The molecule has 1 saturated heterocycles. The number of hydrogen-bond donors (Lipinski definition) is 2. The largest absolute Gasteiger partial charge is 0.475 e. The highest BCUT2D eigenvalue weighted by molar-refractivity contribution is 14.0. The quantitative estimate of drug-likeness (QED) is 0.194. The maximum atomic E-state index is 5.74. The summed E-state index contributed by atoms with van der Waals surface area (Å²) in [7, 11) is 3.90. The maximum absolute atomic E-state index is 5.74. The van der Waals surface area contributed by atoms with Crippen LogP contribution in [0.2, 0.25) is 0 Å². The van der Waals surface area contributed by atoms with Gasteiger partial charge in [-0.05, 0) is 56.8 Å². The van der Waals surface area contributed by atoms with Crippen molar-refractivity contribution in [1.82, 2.24) is 20.5 Å². The van der Waals surface area contributed by atoms with E-state index in [2.05, 4.69) is 52.0 Å². The molecule has 178 valence electrons. The van der Waals surface area contributed by atoms with Crippen molar-refractivity contribution in [2.24, 2.45) is 10.9 Å². The number of hydrogen-bond acceptors (Lipinski definition) is 6. The van der Waals surface area contributed by atoms with Crippen LogP contribution in [0, 0.1) is 5.92 Å². The van der Waals surface area contributed by atoms with Gasteiger partial charge in [0.15, 0.2) is 5.96 Å². The van der Waals surface area contributed by atoms with Crippen LogP contribution in [-0.4, -0.2) is 62.8 Å². The molecule has 7 nitrogen and oxygen atoms in total. The van der Waals surface area contributed by atoms with Gasteiger partial charge in [0.05, 0.1) is 13.2 Å². The second kappa shape index (κ2) is 14.7. The van der Waals surface area contributed by atoms with Crippen molar-refractivity contribution in [3.05, 3.63) is 46.3 Å². The van der Waals surface area contributed by atoms with Crippen LogP contribution >= 0.6 is 35.3 Å². The summed E-state index contributed by atoms with van der Waals surface area (Å²) in [4.78, 5) is 13.1. The molecule has 0 aliphatic carbocycles. The molecular formula is C23H36IN5O2S. The number of nitrogens with one attached hydrogen (secondary N) is 2. The molecular weight excluding hydrogens is 537 g/mol. The molecule has 1 aliphatic heterocycles. The topological polar surface area (TPSA) is 71.0 Å². The molecule has 2 N–H and O–H groups in total. The monoisotopic (exact) mass is 573 g/mol. The molecule has 9 heteroatoms. The maximum Gasteiger partial charge on any atom is 0.218 e. The van der Waals surface area contributed by atoms with Gasteiger partial charge in [0.25, 0.3) is 0 Å². The second-order valence-corrected chi connectivity index (χ2v) is 8.71. The zero-order valence-corrected chi connectivity index (χ0v) is 22.4. The third kappa shape index (κ3) is 7.86. The molecule has 1 aliphatic rings. The van der Waals surface area contributed by atoms with E-state index in [9.17, 15) is 0 Å². The Labute approximate surface area is 213 Å². The highest BCUT2D eigenvalue weighted by Crippen LogP contribution is 2.36. The van der Waals surface area contributed by atoms with Crippen LogP contribution in [-0.2, 0) is 11.3 Å². The molecule has 0 saturated carbocycles. The number of likely N-dealkylation sites (tertiary alicyclic amines) is 1. The summed E-state index contributed by atoms with van der Waals surface area (Å²) in [5, 5.41) is 9.13. The van der Waals surface area contributed by atoms with E-state index in [1.165, 1.54) is 17.7 Å². The van der Waals surface area contributed by atoms with Crippen LogP contribution in [0.5, 0.6) is 5.88 Å². The van der Waals surface area contributed by atoms with Gasteiger partial charge in [-0.3, -0.25) is 4.90 Å². The number of aromatic nitrogens is 1. The molecule has 2 atom stereocenters. The average molecular weight is 574 g/mol. The molecule has 2 aromatic heterocycles. The van der Waals surface area contributed by atoms with Crippen LogP contribution in [0.3, 0.4) is 0 Å². The van der Waals surface area contributed by atoms with E-state index in [4.69, 9.17) is 14.5 Å². The Morgan fingerprint density at radius 3 is 2.91 bits per heavy atom. The lowest BCUT2D eigenvalue weighted by Crippen LogP contribution is -2.44. The van der Waals surface area contributed by atoms with Crippen molar-refractivity contribution in [3.8, 4) is 5.88 Å². The van der Waals surface area contributed by atoms with Crippen LogP contribution in [0.25, 0.3) is 0 Å². The van der Waals surface area contributed by atoms with E-state index in [0.717, 1.165) is 31.2 Å². The normalized spacial score (nSPS) is 19.3. The van der Waals surface area contributed by atoms with E-state index in [0.29, 0.717) is 37.6 Å². The number of piperidine rings is 1. The first-order chi connectivity index (χ1) is 15.2. The second-order valence-electron chi connectivity index (χ2n) is 7.73. The number of rotatable bonds is 10. The minimum absolute atomic E-state index is 0. The van der Waals surface area contributed by atoms with Crippen LogP contribution in [0.1, 0.15) is 36.2 Å². The summed E-state index contributed by atoms with van der Waals surface area (Å²) in [6, 6.07) is 8.79. The number of thiophene rings is 1. The van der Waals surface area contributed by atoms with Gasteiger partial charge < -0.3 is 20.1 Å². The van der Waals surface area contributed by atoms with Crippen molar-refractivity contribution in [1.29, 1.82) is 0 Å². The Hall–Kier alpha value is -1.43. The van der Waals surface area contributed by atoms with Gasteiger partial charge in [0.2, 0.25) is 5.88 Å². The molecule has 3 rings (SSSR count). The van der Waals surface area contributed by atoms with Crippen molar-refractivity contribution in [2.45, 2.75) is 32.4 Å². The number of nitrogens with zero attached hydrogens (tertiary/aromatic N) is 3. The van der Waals surface area contributed by atoms with Gasteiger partial charge in [-0.2, -0.15) is 0 Å². The fraction of sp³-hybridized carbons (Fsp3) is 0.565. The molecule has 0 bridgehead atoms. The zero-order chi connectivity index (χ0) is 21.9. The van der Waals surface area contributed by atoms with Gasteiger partial charge in [-0.15, -0.1) is 35.3 Å². The molecule has 0 amide bonds. The Morgan fingerprint density at radius 1 is 1.28 bits per heavy atom. The lowest BCUT2D eigenvalue weighted by molar-refractivity contribution is 0.125. The highest BCUT2D eigenvalue weighted by Gasteiger charge is 2.31. The van der Waals surface area contributed by atoms with Gasteiger partial charge >= 0.3 is 0 Å². The number of methoxy groups -OCH3 is 1. The predicted molar refractivity (Wildman–Crippen MR) is 142 cm³/mol. The van der Waals surface area contributed by atoms with E-state index in [1.54, 1.807) is 13.3 Å². The molecule has 2 unspecified atom stereocenters. The molecule has 1 fully saturated rings. The summed E-state index contributed by atoms with van der Waals surface area (Å²) in [6.07, 6.45) is 4.19. The van der Waals surface area contributed by atoms with E-state index in [1.807, 2.05) is 23.5 Å². The molecule has 0 spiro atoms. The van der Waals surface area contributed by atoms with E-state index in [-0.39, 0.29) is 24.0 Å². The van der Waals surface area contributed by atoms with Gasteiger partial charge in [0.1, 0.15) is 6.61 Å². The Kier molecular flexibility index (Phi) is 12.3. The lowest BCUT2D eigenvalue weighted by atomic mass is 9.88. The zero-order valence-electron chi connectivity index (χ0n) is 19.3. The number of halogens is 1. The van der Waals surface area contributed by atoms with Gasteiger partial charge in [0, 0.05) is 42.9 Å². The van der Waals surface area contributed by atoms with Crippen LogP contribution < -0.4 is 15.4 Å². The van der Waals surface area contributed by atoms with Crippen molar-refractivity contribution in [3.63, 3.8) is 0 Å². The van der Waals surface area contributed by atoms with E-state index < -0.39 is 0 Å². The fourth-order valence-corrected chi connectivity index (χ4v) is 5.00. The standard InChI is InChI=1S/C23H35N5O2S.HI/c1-4-24-23(27-17-19-8-5-11-25-22(19)30-14-13-29-3)26-16-18-9-6-12-28(2)21(18)20-10-7-15-31-20;/h5,7-8,10-11,15,18,21H,4,6,9,12-14,16-17H2,1-3H3,(H2,24,26,27);1H. The third-order valence-electron chi connectivity index (χ3n) is 5.50. The third-order valence-corrected chi connectivity index (χ3v) is 6.44. The number of ether oxygens (including phenoxy) is 2. The summed E-state index contributed by atoms with van der Waals surface area (Å²) in [5.41, 5.74) is 0.963. The molecule has 2 aromatic rings.